The van der Waals surface area contributed by atoms with E-state index in [1.54, 1.807) is 6.08 Å². The number of fused-ring (bicyclic) bond motifs is 9. The minimum atomic E-state index is -2.31. The fraction of sp³-hybridized carbons (Fsp3) is 0.714. The average Bonchev–Trinajstić information content (AvgIpc) is 1.17. The van der Waals surface area contributed by atoms with Crippen molar-refractivity contribution in [2.24, 2.45) is 105 Å². The molecule has 3 aliphatic heterocycles. The van der Waals surface area contributed by atoms with Gasteiger partial charge in [-0.2, -0.15) is 0 Å². The van der Waals surface area contributed by atoms with Crippen LogP contribution in [-0.2, 0) is 32.1 Å². The van der Waals surface area contributed by atoms with Gasteiger partial charge in [0.25, 0.3) is 0 Å². The standard InChI is InChI=1S/C70H85NO9S2/c1-38-42-18-17-39(24-42)34-81-82-35-48-27-47-28-52-50-16-9-14-44-31-65-23-7-6-12-41-13-8-15-45(33-72)51(41)29-58(71-2)53-25-46(60(65)54-30-59(74)80-61(53)54)32-68(65,76)70(78)62(44)66(37-73)36-67(47,55(52)22-20-49(50)40-10-4-3-5-11-40)64(79-48)56-21-19-43(38)26-57(63(70)75)69(56,66)77/h3-5,8,10-11,13,15,30,37-39,42-44,46-50,52-53,55-58,60-64,71-72,75-78H,7,16-29,31-36H2,1-2H3/t38-,39+,42-,43-,44+,46+,47-,48-,49+,50+,52-,53+,55+,56+,57+,58-,60+,61-,62+,63-,64+,65+,66-,67-,68+,69+,70+/m0/s1. The van der Waals surface area contributed by atoms with E-state index in [0.717, 1.165) is 78.6 Å². The summed E-state index contributed by atoms with van der Waals surface area (Å²) >= 11 is 0. The number of carbonyl (C=O) groups is 2. The molecule has 82 heavy (non-hydrogen) atoms. The molecule has 10 nitrogen and oxygen atoms in total. The van der Waals surface area contributed by atoms with E-state index in [0.29, 0.717) is 81.5 Å². The number of likely N-dealkylation sites (N-methyl/N-ethyl adjacent to an activating group) is 1. The van der Waals surface area contributed by atoms with E-state index >= 15 is 20.1 Å². The molecule has 12 heteroatoms. The Kier molecular flexibility index (Phi) is 12.9. The Labute approximate surface area is 493 Å². The summed E-state index contributed by atoms with van der Waals surface area (Å²) in [7, 11) is 5.96. The second-order valence-electron chi connectivity index (χ2n) is 29.7. The number of hydrogen-bond acceptors (Lipinski definition) is 12. The Morgan fingerprint density at radius 3 is 2.48 bits per heavy atom. The summed E-state index contributed by atoms with van der Waals surface area (Å²) < 4.78 is 14.4. The maximum absolute atomic E-state index is 16.0. The first-order chi connectivity index (χ1) is 39.8. The van der Waals surface area contributed by atoms with Crippen molar-refractivity contribution < 1.29 is 44.6 Å². The highest BCUT2D eigenvalue weighted by Gasteiger charge is 2.89. The molecule has 27 atom stereocenters. The Hall–Kier alpha value is -3.14. The maximum Gasteiger partial charge on any atom is 0.331 e. The Morgan fingerprint density at radius 2 is 1.65 bits per heavy atom. The SMILES string of the molecule is CN[C@H]1Cc2c(cccc2CO)C#CCC[C@]23C[C@H]4C#CC[C@H]5[C@@H]6C[C@@H]7C[C@H]8CSSC[C@@H]9CC[C@@H](C9)[C@H](C)[C@H]9CC[C@@H]%10[C@@H](O8)[C@]7(C[C@]7(C=O)[C@@H]4[C@@](O)([C@@H](O)[C@@H](C9)[C@]%107O)[C@@]2(O)C[C@H]2C[C@H]1[C@@H]1OC(=O)C=C1[C@@H]23)[C@@H]6CC[C@@H]5c1ccccc1. The predicted molar refractivity (Wildman–Crippen MR) is 315 cm³/mol. The van der Waals surface area contributed by atoms with Crippen LogP contribution in [0.15, 0.2) is 60.2 Å². The lowest BCUT2D eigenvalue weighted by molar-refractivity contribution is -0.399. The number of aldehydes is 1. The first kappa shape index (κ1) is 54.3. The zero-order chi connectivity index (χ0) is 55.9. The van der Waals surface area contributed by atoms with Gasteiger partial charge in [-0.3, -0.25) is 0 Å². The number of rotatable bonds is 4. The molecule has 0 amide bonds. The molecule has 12 aliphatic carbocycles. The van der Waals surface area contributed by atoms with Crippen LogP contribution in [-0.4, -0.2) is 104 Å². The van der Waals surface area contributed by atoms with Crippen LogP contribution in [0.25, 0.3) is 0 Å². The summed E-state index contributed by atoms with van der Waals surface area (Å²) in [6.07, 6.45) is 12.9. The number of aliphatic hydroxyl groups is 5. The summed E-state index contributed by atoms with van der Waals surface area (Å²) in [6.45, 7) is 2.29. The largest absolute Gasteiger partial charge is 0.454 e. The molecule has 9 saturated carbocycles. The van der Waals surface area contributed by atoms with Gasteiger partial charge in [0.05, 0.1) is 35.9 Å². The van der Waals surface area contributed by atoms with E-state index in [1.165, 1.54) is 18.4 Å². The van der Waals surface area contributed by atoms with Crippen LogP contribution in [0.1, 0.15) is 144 Å². The summed E-state index contributed by atoms with van der Waals surface area (Å²) in [5.74, 6) is 15.3. The van der Waals surface area contributed by atoms with E-state index in [1.807, 2.05) is 46.8 Å². The lowest BCUT2D eigenvalue weighted by Gasteiger charge is -2.77. The molecule has 0 unspecified atom stereocenters. The summed E-state index contributed by atoms with van der Waals surface area (Å²) in [4.78, 5) is 30.2. The smallest absolute Gasteiger partial charge is 0.331 e. The Bertz CT molecular complexity index is 3100. The van der Waals surface area contributed by atoms with Gasteiger partial charge in [-0.1, -0.05) is 88.7 Å². The first-order valence-electron chi connectivity index (χ1n) is 32.3. The minimum Gasteiger partial charge on any atom is -0.454 e. The van der Waals surface area contributed by atoms with Crippen LogP contribution in [0.3, 0.4) is 0 Å². The highest BCUT2D eigenvalue weighted by atomic mass is 33.1. The quantitative estimate of drug-likeness (QED) is 0.0746. The zero-order valence-corrected chi connectivity index (χ0v) is 49.6. The zero-order valence-electron chi connectivity index (χ0n) is 47.9. The van der Waals surface area contributed by atoms with Crippen LogP contribution in [0, 0.1) is 129 Å². The molecule has 2 spiro atoms. The van der Waals surface area contributed by atoms with Gasteiger partial charge >= 0.3 is 5.97 Å². The minimum absolute atomic E-state index is 0.0114. The van der Waals surface area contributed by atoms with Crippen molar-refractivity contribution in [3.63, 3.8) is 0 Å². The number of carbonyl (C=O) groups excluding carboxylic acids is 2. The molecule has 6 N–H and O–H groups in total. The molecule has 15 bridgehead atoms. The van der Waals surface area contributed by atoms with Gasteiger partial charge in [-0.25, -0.2) is 4.79 Å². The molecule has 3 heterocycles. The fourth-order valence-corrected chi connectivity index (χ4v) is 27.5. The van der Waals surface area contributed by atoms with Gasteiger partial charge in [-0.05, 0) is 203 Å². The van der Waals surface area contributed by atoms with Crippen molar-refractivity contribution in [3.8, 4) is 23.7 Å². The number of aliphatic hydroxyl groups excluding tert-OH is 2. The molecular weight excluding hydrogens is 1060 g/mol. The van der Waals surface area contributed by atoms with Gasteiger partial charge in [0.2, 0.25) is 0 Å². The summed E-state index contributed by atoms with van der Waals surface area (Å²) in [5.41, 5.74) is -4.56. The van der Waals surface area contributed by atoms with Crippen LogP contribution >= 0.6 is 21.6 Å². The highest BCUT2D eigenvalue weighted by Crippen LogP contribution is 2.83. The number of hydrogen-bond donors (Lipinski definition) is 6. The molecular formula is C70H85NO9S2. The Morgan fingerprint density at radius 1 is 0.829 bits per heavy atom. The Balaban J connectivity index is 0.947. The average molecular weight is 1150 g/mol. The number of benzene rings is 2. The number of nitrogens with one attached hydrogen (secondary N) is 1. The van der Waals surface area contributed by atoms with Crippen LogP contribution < -0.4 is 5.32 Å². The second-order valence-corrected chi connectivity index (χ2v) is 32.3. The van der Waals surface area contributed by atoms with E-state index in [2.05, 4.69) is 66.3 Å². The van der Waals surface area contributed by atoms with Crippen molar-refractivity contribution in [2.45, 2.75) is 182 Å². The van der Waals surface area contributed by atoms with Crippen LogP contribution in [0.5, 0.6) is 0 Å². The molecule has 17 rings (SSSR count). The molecule has 0 radical (unpaired) electrons. The fourth-order valence-electron chi connectivity index (χ4n) is 24.8. The molecule has 2 saturated heterocycles. The van der Waals surface area contributed by atoms with E-state index in [-0.39, 0.29) is 72.7 Å². The van der Waals surface area contributed by atoms with E-state index in [9.17, 15) is 15.0 Å². The third kappa shape index (κ3) is 7.03. The first-order valence-corrected chi connectivity index (χ1v) is 34.8. The van der Waals surface area contributed by atoms with Gasteiger partial charge in [0.1, 0.15) is 23.6 Å². The molecule has 2 aromatic carbocycles. The van der Waals surface area contributed by atoms with E-state index in [4.69, 9.17) is 9.47 Å². The van der Waals surface area contributed by atoms with Gasteiger partial charge in [0.15, 0.2) is 0 Å². The topological polar surface area (TPSA) is 166 Å². The summed E-state index contributed by atoms with van der Waals surface area (Å²) in [5, 5.41) is 74.9. The van der Waals surface area contributed by atoms with Crippen molar-refractivity contribution in [2.75, 3.05) is 18.6 Å². The normalized spacial score (nSPS) is 52.5. The molecule has 2 aromatic rings. The monoisotopic (exact) mass is 1150 g/mol. The van der Waals surface area contributed by atoms with Crippen molar-refractivity contribution in [1.29, 1.82) is 0 Å². The van der Waals surface area contributed by atoms with E-state index < -0.39 is 80.8 Å². The number of ether oxygens (including phenoxy) is 2. The van der Waals surface area contributed by atoms with Gasteiger partial charge in [-0.15, -0.1) is 5.92 Å². The summed E-state index contributed by atoms with van der Waals surface area (Å²) in [6, 6.07) is 16.8. The second kappa shape index (κ2) is 19.4. The van der Waals surface area contributed by atoms with Crippen molar-refractivity contribution in [3.05, 3.63) is 82.4 Å². The number of esters is 1. The third-order valence-electron chi connectivity index (χ3n) is 27.6. The van der Waals surface area contributed by atoms with Gasteiger partial charge < -0.3 is 45.1 Å². The third-order valence-corrected chi connectivity index (χ3v) is 30.2. The predicted octanol–water partition coefficient (Wildman–Crippen LogP) is 9.22. The molecule has 0 aromatic heterocycles. The molecule has 15 aliphatic rings. The van der Waals surface area contributed by atoms with Crippen LogP contribution in [0.2, 0.25) is 0 Å². The molecule has 436 valence electrons. The highest BCUT2D eigenvalue weighted by molar-refractivity contribution is 8.76. The maximum atomic E-state index is 16.0. The lowest BCUT2D eigenvalue weighted by atomic mass is 9.30. The lowest BCUT2D eigenvalue weighted by Crippen LogP contribution is -2.88. The van der Waals surface area contributed by atoms with Crippen LogP contribution in [0.4, 0.5) is 0 Å². The van der Waals surface area contributed by atoms with Crippen molar-refractivity contribution >= 4 is 33.8 Å². The molecule has 11 fully saturated rings. The van der Waals surface area contributed by atoms with Gasteiger partial charge in [0, 0.05) is 82.4 Å². The van der Waals surface area contributed by atoms with Crippen molar-refractivity contribution in [1.82, 2.24) is 5.32 Å².